The van der Waals surface area contributed by atoms with E-state index < -0.39 is 12.6 Å². The molecule has 0 aromatic carbocycles. The Hall–Kier alpha value is -2.15. The van der Waals surface area contributed by atoms with E-state index in [-0.39, 0.29) is 24.0 Å². The van der Waals surface area contributed by atoms with Crippen LogP contribution in [0.4, 0.5) is 4.39 Å². The Balaban J connectivity index is 2.47. The molecule has 0 aliphatic heterocycles. The minimum Gasteiger partial charge on any atom is -0.474 e. The summed E-state index contributed by atoms with van der Waals surface area (Å²) >= 11 is 6.02. The first-order valence-electron chi connectivity index (χ1n) is 5.65. The number of pyridine rings is 1. The number of nitrogens with zero attached hydrogens (tertiary/aromatic N) is 3. The Morgan fingerprint density at radius 1 is 1.55 bits per heavy atom. The molecule has 0 spiro atoms. The number of hydrogen-bond donors (Lipinski definition) is 0. The maximum atomic E-state index is 12.1. The van der Waals surface area contributed by atoms with E-state index in [0.29, 0.717) is 5.02 Å². The van der Waals surface area contributed by atoms with Gasteiger partial charge in [-0.05, 0) is 12.1 Å². The van der Waals surface area contributed by atoms with Crippen molar-refractivity contribution in [3.8, 4) is 11.7 Å². The highest BCUT2D eigenvalue weighted by Crippen LogP contribution is 2.22. The highest BCUT2D eigenvalue weighted by molar-refractivity contribution is 6.32. The van der Waals surface area contributed by atoms with Crippen LogP contribution in [-0.4, -0.2) is 41.1 Å². The van der Waals surface area contributed by atoms with Gasteiger partial charge in [0.2, 0.25) is 5.88 Å². The monoisotopic (exact) mass is 299 g/mol. The van der Waals surface area contributed by atoms with Gasteiger partial charge in [-0.15, -0.1) is 5.10 Å². The molecule has 2 aromatic rings. The average molecular weight is 300 g/mol. The number of ether oxygens (including phenoxy) is 2. The minimum atomic E-state index is -0.662. The van der Waals surface area contributed by atoms with E-state index in [1.54, 1.807) is 12.1 Å². The zero-order valence-electron chi connectivity index (χ0n) is 10.5. The van der Waals surface area contributed by atoms with E-state index in [2.05, 4.69) is 14.8 Å². The van der Waals surface area contributed by atoms with Gasteiger partial charge in [-0.25, -0.2) is 18.9 Å². The molecule has 0 aliphatic rings. The lowest BCUT2D eigenvalue weighted by Crippen LogP contribution is -2.11. The number of alkyl halides is 1. The van der Waals surface area contributed by atoms with Crippen molar-refractivity contribution in [3.63, 3.8) is 0 Å². The molecule has 0 bridgehead atoms. The lowest BCUT2D eigenvalue weighted by atomic mass is 10.4. The van der Waals surface area contributed by atoms with Crippen molar-refractivity contribution < 1.29 is 18.7 Å². The van der Waals surface area contributed by atoms with Gasteiger partial charge in [0.15, 0.2) is 11.5 Å². The Labute approximate surface area is 119 Å². The molecule has 0 N–H and O–H groups in total. The van der Waals surface area contributed by atoms with E-state index in [9.17, 15) is 9.18 Å². The van der Waals surface area contributed by atoms with Crippen molar-refractivity contribution in [1.82, 2.24) is 14.8 Å². The third-order valence-corrected chi connectivity index (χ3v) is 2.64. The summed E-state index contributed by atoms with van der Waals surface area (Å²) in [7, 11) is 1.24. The van der Waals surface area contributed by atoms with Gasteiger partial charge in [-0.1, -0.05) is 11.6 Å². The van der Waals surface area contributed by atoms with Crippen LogP contribution in [0.2, 0.25) is 5.02 Å². The molecule has 0 amide bonds. The van der Waals surface area contributed by atoms with Crippen molar-refractivity contribution in [1.29, 1.82) is 0 Å². The highest BCUT2D eigenvalue weighted by Gasteiger charge is 2.20. The van der Waals surface area contributed by atoms with Crippen LogP contribution in [0.25, 0.3) is 5.82 Å². The molecule has 0 radical (unpaired) electrons. The second-order valence-corrected chi connectivity index (χ2v) is 4.02. The first kappa shape index (κ1) is 14.3. The summed E-state index contributed by atoms with van der Waals surface area (Å²) in [4.78, 5) is 15.8. The molecular formula is C12H11ClFN3O3. The molecular weight excluding hydrogens is 289 g/mol. The third-order valence-electron chi connectivity index (χ3n) is 2.35. The smallest absolute Gasteiger partial charge is 0.357 e. The van der Waals surface area contributed by atoms with E-state index in [1.807, 2.05) is 0 Å². The Bertz CT molecular complexity index is 618. The lowest BCUT2D eigenvalue weighted by Gasteiger charge is -2.05. The van der Waals surface area contributed by atoms with Crippen LogP contribution in [0.3, 0.4) is 0 Å². The van der Waals surface area contributed by atoms with Crippen molar-refractivity contribution in [2.75, 3.05) is 20.4 Å². The summed E-state index contributed by atoms with van der Waals surface area (Å²) in [5, 5.41) is 4.33. The SMILES string of the molecule is COC(=O)c1cc(OCCF)nn1-c1ncccc1Cl. The fraction of sp³-hybridized carbons (Fsp3) is 0.250. The third kappa shape index (κ3) is 2.88. The number of aromatic nitrogens is 3. The fourth-order valence-electron chi connectivity index (χ4n) is 1.52. The van der Waals surface area contributed by atoms with Gasteiger partial charge >= 0.3 is 5.97 Å². The summed E-state index contributed by atoms with van der Waals surface area (Å²) in [5.41, 5.74) is 0.0851. The molecule has 106 valence electrons. The molecule has 8 heteroatoms. The highest BCUT2D eigenvalue weighted by atomic mass is 35.5. The molecule has 0 unspecified atom stereocenters. The molecule has 0 saturated heterocycles. The van der Waals surface area contributed by atoms with Crippen molar-refractivity contribution in [3.05, 3.63) is 35.1 Å². The lowest BCUT2D eigenvalue weighted by molar-refractivity contribution is 0.0590. The fourth-order valence-corrected chi connectivity index (χ4v) is 1.72. The Kier molecular flexibility index (Phi) is 4.52. The number of halogens is 2. The number of carbonyl (C=O) groups is 1. The number of esters is 1. The van der Waals surface area contributed by atoms with Crippen LogP contribution in [0, 0.1) is 0 Å². The maximum absolute atomic E-state index is 12.1. The van der Waals surface area contributed by atoms with Crippen LogP contribution in [0.1, 0.15) is 10.5 Å². The van der Waals surface area contributed by atoms with E-state index in [0.717, 1.165) is 0 Å². The predicted molar refractivity (Wildman–Crippen MR) is 69.2 cm³/mol. The standard InChI is InChI=1S/C12H11ClFN3O3/c1-19-12(18)9-7-10(20-6-4-14)16-17(9)11-8(13)3-2-5-15-11/h2-3,5,7H,4,6H2,1H3. The Morgan fingerprint density at radius 2 is 2.35 bits per heavy atom. The second-order valence-electron chi connectivity index (χ2n) is 3.62. The van der Waals surface area contributed by atoms with Gasteiger partial charge in [0.25, 0.3) is 0 Å². The minimum absolute atomic E-state index is 0.0851. The molecule has 0 fully saturated rings. The average Bonchev–Trinajstić information content (AvgIpc) is 2.88. The van der Waals surface area contributed by atoms with Crippen LogP contribution < -0.4 is 4.74 Å². The summed E-state index contributed by atoms with van der Waals surface area (Å²) in [6, 6.07) is 4.59. The summed E-state index contributed by atoms with van der Waals surface area (Å²) in [5.74, 6) is -0.288. The first-order valence-corrected chi connectivity index (χ1v) is 6.03. The van der Waals surface area contributed by atoms with E-state index in [4.69, 9.17) is 16.3 Å². The number of methoxy groups -OCH3 is 1. The number of rotatable bonds is 5. The first-order chi connectivity index (χ1) is 9.67. The molecule has 2 rings (SSSR count). The summed E-state index contributed by atoms with van der Waals surface area (Å²) < 4.78 is 23.0. The molecule has 0 aliphatic carbocycles. The normalized spacial score (nSPS) is 10.3. The van der Waals surface area contributed by atoms with Crippen LogP contribution in [0.5, 0.6) is 5.88 Å². The molecule has 0 atom stereocenters. The molecule has 2 aromatic heterocycles. The molecule has 2 heterocycles. The van der Waals surface area contributed by atoms with Gasteiger partial charge in [0.05, 0.1) is 12.1 Å². The maximum Gasteiger partial charge on any atom is 0.357 e. The van der Waals surface area contributed by atoms with E-state index >= 15 is 0 Å². The van der Waals surface area contributed by atoms with Gasteiger partial charge in [0, 0.05) is 12.3 Å². The summed E-state index contributed by atoms with van der Waals surface area (Å²) in [6.07, 6.45) is 1.51. The largest absolute Gasteiger partial charge is 0.474 e. The van der Waals surface area contributed by atoms with Crippen molar-refractivity contribution in [2.24, 2.45) is 0 Å². The van der Waals surface area contributed by atoms with Gasteiger partial charge < -0.3 is 9.47 Å². The molecule has 0 saturated carbocycles. The topological polar surface area (TPSA) is 66.2 Å². The van der Waals surface area contributed by atoms with Crippen LogP contribution >= 0.6 is 11.6 Å². The summed E-state index contributed by atoms with van der Waals surface area (Å²) in [6.45, 7) is -0.821. The number of hydrogen-bond acceptors (Lipinski definition) is 5. The van der Waals surface area contributed by atoms with Crippen LogP contribution in [0.15, 0.2) is 24.4 Å². The van der Waals surface area contributed by atoms with Gasteiger partial charge in [0.1, 0.15) is 13.3 Å². The quantitative estimate of drug-likeness (QED) is 0.791. The zero-order chi connectivity index (χ0) is 14.5. The Morgan fingerprint density at radius 3 is 3.00 bits per heavy atom. The predicted octanol–water partition coefficient (Wildman–Crippen LogP) is 2.06. The van der Waals surface area contributed by atoms with Crippen molar-refractivity contribution >= 4 is 17.6 Å². The van der Waals surface area contributed by atoms with Gasteiger partial charge in [-0.2, -0.15) is 0 Å². The number of carbonyl (C=O) groups excluding carboxylic acids is 1. The molecule has 6 nitrogen and oxygen atoms in total. The van der Waals surface area contributed by atoms with Crippen LogP contribution in [-0.2, 0) is 4.74 Å². The van der Waals surface area contributed by atoms with Gasteiger partial charge in [-0.3, -0.25) is 0 Å². The van der Waals surface area contributed by atoms with Crippen molar-refractivity contribution in [2.45, 2.75) is 0 Å². The zero-order valence-corrected chi connectivity index (χ0v) is 11.3. The van der Waals surface area contributed by atoms with E-state index in [1.165, 1.54) is 24.1 Å². The second kappa shape index (κ2) is 6.33. The molecule has 20 heavy (non-hydrogen) atoms.